The summed E-state index contributed by atoms with van der Waals surface area (Å²) in [6.45, 7) is 2.65. The number of aryl methyl sites for hydroxylation is 1. The maximum atomic E-state index is 12.8. The number of benzene rings is 1. The molecule has 1 aliphatic rings. The normalized spacial score (nSPS) is 15.5. The number of hydrogen-bond acceptors (Lipinski definition) is 6. The Morgan fingerprint density at radius 2 is 1.79 bits per heavy atom. The fourth-order valence-electron chi connectivity index (χ4n) is 2.93. The van der Waals surface area contributed by atoms with E-state index in [9.17, 15) is 21.6 Å². The van der Waals surface area contributed by atoms with Gasteiger partial charge in [-0.15, -0.1) is 11.3 Å². The maximum Gasteiger partial charge on any atom is 0.267 e. The summed E-state index contributed by atoms with van der Waals surface area (Å²) in [5.74, 6) is -0.554. The highest BCUT2D eigenvalue weighted by Gasteiger charge is 2.31. The summed E-state index contributed by atoms with van der Waals surface area (Å²) < 4.78 is 52.4. The molecule has 0 aliphatic carbocycles. The SMILES string of the molecule is Cc1ccc(NC(=O)c2sccc2S(=O)(=O)N2CCCC2)cc1NS(C)(=O)=O. The van der Waals surface area contributed by atoms with Gasteiger partial charge in [0.25, 0.3) is 5.91 Å². The number of rotatable bonds is 6. The van der Waals surface area contributed by atoms with Crippen molar-refractivity contribution in [1.82, 2.24) is 4.31 Å². The van der Waals surface area contributed by atoms with Crippen LogP contribution in [0.1, 0.15) is 28.1 Å². The molecule has 1 aromatic heterocycles. The van der Waals surface area contributed by atoms with Gasteiger partial charge in [0, 0.05) is 18.8 Å². The van der Waals surface area contributed by atoms with E-state index in [1.54, 1.807) is 24.4 Å². The zero-order valence-corrected chi connectivity index (χ0v) is 17.9. The van der Waals surface area contributed by atoms with Gasteiger partial charge in [-0.05, 0) is 48.9 Å². The molecule has 1 aliphatic heterocycles. The number of sulfonamides is 2. The number of hydrogen-bond donors (Lipinski definition) is 2. The summed E-state index contributed by atoms with van der Waals surface area (Å²) in [6.07, 6.45) is 2.66. The number of nitrogens with one attached hydrogen (secondary N) is 2. The number of amides is 1. The quantitative estimate of drug-likeness (QED) is 0.712. The van der Waals surface area contributed by atoms with Crippen LogP contribution in [0.15, 0.2) is 34.5 Å². The standard InChI is InChI=1S/C17H21N3O5S3/c1-12-5-6-13(11-14(12)19-27(2,22)23)18-17(21)16-15(7-10-26-16)28(24,25)20-8-3-4-9-20/h5-7,10-11,19H,3-4,8-9H2,1-2H3,(H,18,21). The molecule has 0 bridgehead atoms. The number of thiophene rings is 1. The Hall–Kier alpha value is -1.95. The third kappa shape index (κ3) is 4.54. The molecule has 11 heteroatoms. The van der Waals surface area contributed by atoms with Gasteiger partial charge in [0.15, 0.2) is 0 Å². The molecule has 28 heavy (non-hydrogen) atoms. The lowest BCUT2D eigenvalue weighted by Gasteiger charge is -2.16. The summed E-state index contributed by atoms with van der Waals surface area (Å²) in [5, 5.41) is 4.23. The van der Waals surface area contributed by atoms with Gasteiger partial charge in [0.2, 0.25) is 20.0 Å². The first kappa shape index (κ1) is 20.8. The van der Waals surface area contributed by atoms with Gasteiger partial charge in [-0.25, -0.2) is 16.8 Å². The van der Waals surface area contributed by atoms with Crippen LogP contribution in [-0.2, 0) is 20.0 Å². The molecule has 1 amide bonds. The molecule has 3 rings (SSSR count). The molecule has 2 aromatic rings. The Labute approximate surface area is 168 Å². The zero-order valence-electron chi connectivity index (χ0n) is 15.4. The van der Waals surface area contributed by atoms with E-state index in [1.807, 2.05) is 0 Å². The fourth-order valence-corrected chi connectivity index (χ4v) is 6.36. The van der Waals surface area contributed by atoms with Crippen molar-refractivity contribution in [3.05, 3.63) is 40.1 Å². The predicted molar refractivity (Wildman–Crippen MR) is 110 cm³/mol. The molecule has 0 unspecified atom stereocenters. The molecule has 2 N–H and O–H groups in total. The molecule has 2 heterocycles. The van der Waals surface area contributed by atoms with Gasteiger partial charge in [-0.3, -0.25) is 9.52 Å². The van der Waals surface area contributed by atoms with Crippen LogP contribution in [0.3, 0.4) is 0 Å². The summed E-state index contributed by atoms with van der Waals surface area (Å²) >= 11 is 1.05. The van der Waals surface area contributed by atoms with Crippen LogP contribution in [0, 0.1) is 6.92 Å². The topological polar surface area (TPSA) is 113 Å². The number of nitrogens with zero attached hydrogens (tertiary/aromatic N) is 1. The van der Waals surface area contributed by atoms with Crippen molar-refractivity contribution in [2.24, 2.45) is 0 Å². The first-order valence-corrected chi connectivity index (χ1v) is 12.8. The minimum absolute atomic E-state index is 0.00139. The Morgan fingerprint density at radius 1 is 1.11 bits per heavy atom. The van der Waals surface area contributed by atoms with Gasteiger partial charge in [-0.1, -0.05) is 6.07 Å². The van der Waals surface area contributed by atoms with Crippen molar-refractivity contribution >= 4 is 48.7 Å². The second kappa shape index (κ2) is 7.82. The van der Waals surface area contributed by atoms with Gasteiger partial charge < -0.3 is 5.32 Å². The second-order valence-corrected chi connectivity index (χ2v) is 11.2. The minimum Gasteiger partial charge on any atom is -0.321 e. The molecule has 1 saturated heterocycles. The van der Waals surface area contributed by atoms with Crippen LogP contribution in [0.4, 0.5) is 11.4 Å². The van der Waals surface area contributed by atoms with Crippen molar-refractivity contribution in [1.29, 1.82) is 0 Å². The first-order chi connectivity index (χ1) is 13.1. The van der Waals surface area contributed by atoms with Crippen LogP contribution in [-0.4, -0.2) is 46.4 Å². The van der Waals surface area contributed by atoms with Crippen LogP contribution in [0.2, 0.25) is 0 Å². The van der Waals surface area contributed by atoms with Crippen molar-refractivity contribution in [2.45, 2.75) is 24.7 Å². The van der Waals surface area contributed by atoms with Gasteiger partial charge in [-0.2, -0.15) is 4.31 Å². The van der Waals surface area contributed by atoms with Crippen molar-refractivity contribution in [3.63, 3.8) is 0 Å². The van der Waals surface area contributed by atoms with Crippen LogP contribution >= 0.6 is 11.3 Å². The first-order valence-electron chi connectivity index (χ1n) is 8.55. The molecule has 0 radical (unpaired) electrons. The van der Waals surface area contributed by atoms with E-state index in [-0.39, 0.29) is 9.77 Å². The zero-order chi connectivity index (χ0) is 20.5. The molecule has 1 fully saturated rings. The van der Waals surface area contributed by atoms with E-state index >= 15 is 0 Å². The molecule has 8 nitrogen and oxygen atoms in total. The highest BCUT2D eigenvalue weighted by Crippen LogP contribution is 2.29. The molecular formula is C17H21N3O5S3. The van der Waals surface area contributed by atoms with E-state index < -0.39 is 26.0 Å². The summed E-state index contributed by atoms with van der Waals surface area (Å²) in [4.78, 5) is 12.8. The second-order valence-electron chi connectivity index (χ2n) is 6.58. The Balaban J connectivity index is 1.85. The summed E-state index contributed by atoms with van der Waals surface area (Å²) in [6, 6.07) is 6.23. The van der Waals surface area contributed by atoms with E-state index in [1.165, 1.54) is 16.4 Å². The average Bonchev–Trinajstić information content (AvgIpc) is 3.28. The van der Waals surface area contributed by atoms with Crippen molar-refractivity contribution in [2.75, 3.05) is 29.4 Å². The highest BCUT2D eigenvalue weighted by atomic mass is 32.2. The van der Waals surface area contributed by atoms with Crippen LogP contribution < -0.4 is 10.0 Å². The minimum atomic E-state index is -3.71. The third-order valence-electron chi connectivity index (χ3n) is 4.31. The highest BCUT2D eigenvalue weighted by molar-refractivity contribution is 7.92. The van der Waals surface area contributed by atoms with Gasteiger partial charge in [0.1, 0.15) is 9.77 Å². The van der Waals surface area contributed by atoms with Gasteiger partial charge >= 0.3 is 0 Å². The third-order valence-corrected chi connectivity index (χ3v) is 7.88. The molecule has 0 spiro atoms. The van der Waals surface area contributed by atoms with E-state index in [2.05, 4.69) is 10.0 Å². The Morgan fingerprint density at radius 3 is 2.43 bits per heavy atom. The molecule has 1 aromatic carbocycles. The monoisotopic (exact) mass is 443 g/mol. The largest absolute Gasteiger partial charge is 0.321 e. The predicted octanol–water partition coefficient (Wildman–Crippen LogP) is 2.46. The van der Waals surface area contributed by atoms with Crippen molar-refractivity contribution < 1.29 is 21.6 Å². The van der Waals surface area contributed by atoms with Crippen molar-refractivity contribution in [3.8, 4) is 0 Å². The number of carbonyl (C=O) groups is 1. The smallest absolute Gasteiger partial charge is 0.267 e. The molecular weight excluding hydrogens is 422 g/mol. The Kier molecular flexibility index (Phi) is 5.80. The lowest BCUT2D eigenvalue weighted by atomic mass is 10.2. The lowest BCUT2D eigenvalue weighted by molar-refractivity contribution is 0.102. The summed E-state index contributed by atoms with van der Waals surface area (Å²) in [5.41, 5.74) is 1.40. The maximum absolute atomic E-state index is 12.8. The van der Waals surface area contributed by atoms with Gasteiger partial charge in [0.05, 0.1) is 11.9 Å². The molecule has 152 valence electrons. The van der Waals surface area contributed by atoms with E-state index in [4.69, 9.17) is 0 Å². The average molecular weight is 444 g/mol. The van der Waals surface area contributed by atoms with E-state index in [0.29, 0.717) is 30.0 Å². The summed E-state index contributed by atoms with van der Waals surface area (Å²) in [7, 11) is -7.18. The van der Waals surface area contributed by atoms with Crippen LogP contribution in [0.25, 0.3) is 0 Å². The molecule has 0 atom stereocenters. The Bertz CT molecular complexity index is 1100. The molecule has 0 saturated carbocycles. The fraction of sp³-hybridized carbons (Fsp3) is 0.353. The van der Waals surface area contributed by atoms with Crippen LogP contribution in [0.5, 0.6) is 0 Å². The number of anilines is 2. The lowest BCUT2D eigenvalue weighted by Crippen LogP contribution is -2.29. The number of carbonyl (C=O) groups excluding carboxylic acids is 1. The van der Waals surface area contributed by atoms with E-state index in [0.717, 1.165) is 30.4 Å².